The van der Waals surface area contributed by atoms with Crippen molar-refractivity contribution in [2.24, 2.45) is 5.92 Å². The van der Waals surface area contributed by atoms with Gasteiger partial charge in [-0.25, -0.2) is 4.79 Å². The summed E-state index contributed by atoms with van der Waals surface area (Å²) in [5, 5.41) is 2.53. The molecule has 0 unspecified atom stereocenters. The van der Waals surface area contributed by atoms with Crippen LogP contribution < -0.4 is 5.32 Å². The van der Waals surface area contributed by atoms with Gasteiger partial charge in [0, 0.05) is 13.1 Å². The van der Waals surface area contributed by atoms with Crippen molar-refractivity contribution in [3.05, 3.63) is 12.2 Å². The van der Waals surface area contributed by atoms with Crippen molar-refractivity contribution >= 4 is 17.9 Å². The number of urea groups is 1. The second-order valence-corrected chi connectivity index (χ2v) is 4.82. The molecule has 1 aliphatic carbocycles. The number of amides is 3. The molecule has 2 rings (SSSR count). The van der Waals surface area contributed by atoms with E-state index in [1.807, 2.05) is 12.2 Å². The fourth-order valence-corrected chi connectivity index (χ4v) is 2.28. The molecule has 19 heavy (non-hydrogen) atoms. The van der Waals surface area contributed by atoms with Crippen molar-refractivity contribution < 1.29 is 19.1 Å². The topological polar surface area (TPSA) is 75.7 Å². The van der Waals surface area contributed by atoms with Crippen LogP contribution in [0.2, 0.25) is 0 Å². The van der Waals surface area contributed by atoms with Crippen LogP contribution in [0.5, 0.6) is 0 Å². The van der Waals surface area contributed by atoms with Crippen LogP contribution in [0, 0.1) is 5.92 Å². The van der Waals surface area contributed by atoms with Crippen molar-refractivity contribution in [1.29, 1.82) is 0 Å². The van der Waals surface area contributed by atoms with E-state index in [9.17, 15) is 14.4 Å². The first kappa shape index (κ1) is 13.6. The predicted octanol–water partition coefficient (Wildman–Crippen LogP) is 0.826. The van der Waals surface area contributed by atoms with Gasteiger partial charge in [0.15, 0.2) is 6.10 Å². The van der Waals surface area contributed by atoms with E-state index in [0.717, 1.165) is 17.7 Å². The van der Waals surface area contributed by atoms with Crippen LogP contribution in [-0.2, 0) is 14.3 Å². The largest absolute Gasteiger partial charge is 0.453 e. The highest BCUT2D eigenvalue weighted by Gasteiger charge is 2.31. The first-order chi connectivity index (χ1) is 9.08. The molecule has 1 fully saturated rings. The van der Waals surface area contributed by atoms with Crippen molar-refractivity contribution in [2.75, 3.05) is 13.1 Å². The number of rotatable bonds is 4. The van der Waals surface area contributed by atoms with Crippen LogP contribution in [-0.4, -0.2) is 42.0 Å². The van der Waals surface area contributed by atoms with E-state index in [0.29, 0.717) is 19.5 Å². The van der Waals surface area contributed by atoms with Crippen molar-refractivity contribution in [3.63, 3.8) is 0 Å². The molecule has 0 aromatic heterocycles. The van der Waals surface area contributed by atoms with Crippen LogP contribution in [0.4, 0.5) is 4.79 Å². The summed E-state index contributed by atoms with van der Waals surface area (Å²) < 4.78 is 5.09. The summed E-state index contributed by atoms with van der Waals surface area (Å²) in [6, 6.07) is -0.424. The zero-order valence-electron chi connectivity index (χ0n) is 10.9. The van der Waals surface area contributed by atoms with E-state index >= 15 is 0 Å². The number of hydrogen-bond donors (Lipinski definition) is 1. The fraction of sp³-hybridized carbons (Fsp3) is 0.615. The first-order valence-corrected chi connectivity index (χ1v) is 6.53. The lowest BCUT2D eigenvalue weighted by molar-refractivity contribution is -0.158. The number of ether oxygens (including phenoxy) is 1. The molecule has 0 saturated carbocycles. The van der Waals surface area contributed by atoms with Gasteiger partial charge in [-0.15, -0.1) is 0 Å². The lowest BCUT2D eigenvalue weighted by atomic mass is 10.1. The van der Waals surface area contributed by atoms with E-state index in [1.165, 1.54) is 6.92 Å². The lowest BCUT2D eigenvalue weighted by Crippen LogP contribution is -2.41. The zero-order chi connectivity index (χ0) is 13.8. The van der Waals surface area contributed by atoms with Gasteiger partial charge in [-0.2, -0.15) is 0 Å². The van der Waals surface area contributed by atoms with Crippen LogP contribution in [0.1, 0.15) is 26.2 Å². The van der Waals surface area contributed by atoms with Crippen LogP contribution >= 0.6 is 0 Å². The Morgan fingerprint density at radius 1 is 1.58 bits per heavy atom. The standard InChI is InChI=1S/C13H18N2O4/c1-9(12(17)15-7-6-14-13(15)18)19-11(16)8-10-4-2-3-5-10/h2,4,9-10H,3,5-8H2,1H3,(H,14,18)/t9-,10+/m1/s1. The maximum Gasteiger partial charge on any atom is 0.324 e. The minimum Gasteiger partial charge on any atom is -0.453 e. The lowest BCUT2D eigenvalue weighted by Gasteiger charge is -2.18. The number of imide groups is 1. The minimum atomic E-state index is -0.915. The summed E-state index contributed by atoms with van der Waals surface area (Å²) in [4.78, 5) is 36.0. The number of allylic oxidation sites excluding steroid dienone is 2. The molecule has 2 atom stereocenters. The molecule has 1 N–H and O–H groups in total. The Morgan fingerprint density at radius 2 is 2.37 bits per heavy atom. The van der Waals surface area contributed by atoms with Gasteiger partial charge in [-0.1, -0.05) is 12.2 Å². The molecule has 6 heteroatoms. The number of hydrogen-bond acceptors (Lipinski definition) is 4. The molecule has 0 bridgehead atoms. The quantitative estimate of drug-likeness (QED) is 0.604. The SMILES string of the molecule is C[C@@H](OC(=O)C[C@H]1C=CCC1)C(=O)N1CCNC1=O. The summed E-state index contributed by atoms with van der Waals surface area (Å²) in [5.74, 6) is -0.646. The Balaban J connectivity index is 1.80. The maximum absolute atomic E-state index is 11.9. The molecule has 3 amide bonds. The third kappa shape index (κ3) is 3.33. The average Bonchev–Trinajstić information content (AvgIpc) is 2.99. The number of esters is 1. The van der Waals surface area contributed by atoms with E-state index in [2.05, 4.69) is 5.32 Å². The molecule has 0 aromatic rings. The highest BCUT2D eigenvalue weighted by molar-refractivity contribution is 5.98. The van der Waals surface area contributed by atoms with E-state index < -0.39 is 24.0 Å². The first-order valence-electron chi connectivity index (χ1n) is 6.53. The minimum absolute atomic E-state index is 0.213. The summed E-state index contributed by atoms with van der Waals surface area (Å²) in [7, 11) is 0. The van der Waals surface area contributed by atoms with Gasteiger partial charge in [0.2, 0.25) is 0 Å². The van der Waals surface area contributed by atoms with Gasteiger partial charge >= 0.3 is 12.0 Å². The Bertz CT molecular complexity index is 419. The maximum atomic E-state index is 11.9. The second kappa shape index (κ2) is 5.86. The average molecular weight is 266 g/mol. The number of nitrogens with zero attached hydrogens (tertiary/aromatic N) is 1. The molecule has 1 aliphatic heterocycles. The van der Waals surface area contributed by atoms with Gasteiger partial charge in [0.05, 0.1) is 6.42 Å². The molecule has 6 nitrogen and oxygen atoms in total. The van der Waals surface area contributed by atoms with Crippen LogP contribution in [0.3, 0.4) is 0 Å². The second-order valence-electron chi connectivity index (χ2n) is 4.82. The van der Waals surface area contributed by atoms with Crippen LogP contribution in [0.25, 0.3) is 0 Å². The molecule has 1 heterocycles. The molecule has 0 radical (unpaired) electrons. The van der Waals surface area contributed by atoms with Gasteiger partial charge in [0.1, 0.15) is 0 Å². The number of carbonyl (C=O) groups is 3. The summed E-state index contributed by atoms with van der Waals surface area (Å²) >= 11 is 0. The van der Waals surface area contributed by atoms with Crippen LogP contribution in [0.15, 0.2) is 12.2 Å². The highest BCUT2D eigenvalue weighted by atomic mass is 16.5. The molecule has 0 aromatic carbocycles. The van der Waals surface area contributed by atoms with Crippen molar-refractivity contribution in [1.82, 2.24) is 10.2 Å². The van der Waals surface area contributed by atoms with E-state index in [1.54, 1.807) is 0 Å². The van der Waals surface area contributed by atoms with Gasteiger partial charge in [-0.3, -0.25) is 14.5 Å². The number of nitrogens with one attached hydrogen (secondary N) is 1. The third-order valence-corrected chi connectivity index (χ3v) is 3.32. The molecule has 104 valence electrons. The fourth-order valence-electron chi connectivity index (χ4n) is 2.28. The zero-order valence-corrected chi connectivity index (χ0v) is 10.9. The Labute approximate surface area is 111 Å². The summed E-state index contributed by atoms with van der Waals surface area (Å²) in [6.45, 7) is 2.26. The normalized spacial score (nSPS) is 23.3. The summed E-state index contributed by atoms with van der Waals surface area (Å²) in [5.41, 5.74) is 0. The summed E-state index contributed by atoms with van der Waals surface area (Å²) in [6.07, 6.45) is 5.36. The van der Waals surface area contributed by atoms with Gasteiger partial charge in [0.25, 0.3) is 5.91 Å². The van der Waals surface area contributed by atoms with Crippen molar-refractivity contribution in [3.8, 4) is 0 Å². The Hall–Kier alpha value is -1.85. The third-order valence-electron chi connectivity index (χ3n) is 3.32. The molecule has 2 aliphatic rings. The Kier molecular flexibility index (Phi) is 4.19. The molecule has 1 saturated heterocycles. The smallest absolute Gasteiger partial charge is 0.324 e. The van der Waals surface area contributed by atoms with E-state index in [-0.39, 0.29) is 5.92 Å². The van der Waals surface area contributed by atoms with Gasteiger partial charge in [-0.05, 0) is 25.7 Å². The molecular weight excluding hydrogens is 248 g/mol. The highest BCUT2D eigenvalue weighted by Crippen LogP contribution is 2.21. The number of carbonyl (C=O) groups excluding carboxylic acids is 3. The molecule has 0 spiro atoms. The molecular formula is C13H18N2O4. The van der Waals surface area contributed by atoms with Crippen molar-refractivity contribution in [2.45, 2.75) is 32.3 Å². The predicted molar refractivity (Wildman–Crippen MR) is 67.1 cm³/mol. The Morgan fingerprint density at radius 3 is 2.95 bits per heavy atom. The van der Waals surface area contributed by atoms with Gasteiger partial charge < -0.3 is 10.1 Å². The van der Waals surface area contributed by atoms with E-state index in [4.69, 9.17) is 4.74 Å². The monoisotopic (exact) mass is 266 g/mol.